The van der Waals surface area contributed by atoms with Crippen LogP contribution in [-0.4, -0.2) is 210 Å². The highest BCUT2D eigenvalue weighted by Gasteiger charge is 2.21. The monoisotopic (exact) mass is 996 g/mol. The Balaban J connectivity index is 0. The maximum absolute atomic E-state index is 9.22. The lowest BCUT2D eigenvalue weighted by atomic mass is 10.1. The van der Waals surface area contributed by atoms with Crippen LogP contribution in [-0.2, 0) is 99.8 Å². The van der Waals surface area contributed by atoms with Gasteiger partial charge < -0.3 is 105 Å². The minimum atomic E-state index is -4.41. The molecule has 0 saturated carbocycles. The number of rotatable bonds is 56. The van der Waals surface area contributed by atoms with E-state index < -0.39 is 10.4 Å². The van der Waals surface area contributed by atoms with Crippen LogP contribution >= 0.6 is 0 Å². The van der Waals surface area contributed by atoms with Gasteiger partial charge in [-0.05, 0) is 12.8 Å². The largest absolute Gasteiger partial charge is 0.726 e. The van der Waals surface area contributed by atoms with Crippen molar-refractivity contribution in [1.82, 2.24) is 0 Å². The molecule has 0 aromatic carbocycles. The highest BCUT2D eigenvalue weighted by Crippen LogP contribution is 2.13. The summed E-state index contributed by atoms with van der Waals surface area (Å²) < 4.78 is 125. The SMILES string of the molecule is CCCCCCCCCCCCCC[N+](C)(CCOCOCOCOCOCOCOCOCOCCO)CCOCOCOCOCOCOCOCOCOCCO.COS(=O)(=O)[O-]. The summed E-state index contributed by atoms with van der Waals surface area (Å²) in [6.07, 6.45) is 15.8. The van der Waals surface area contributed by atoms with Crippen molar-refractivity contribution in [2.75, 3.05) is 182 Å². The van der Waals surface area contributed by atoms with Crippen LogP contribution in [0.25, 0.3) is 0 Å². The van der Waals surface area contributed by atoms with E-state index in [2.05, 4.69) is 18.2 Å². The Hall–Kier alpha value is -0.970. The van der Waals surface area contributed by atoms with Crippen LogP contribution in [0.2, 0.25) is 0 Å². The van der Waals surface area contributed by atoms with Gasteiger partial charge in [-0.15, -0.1) is 0 Å². The van der Waals surface area contributed by atoms with Crippen LogP contribution in [0.1, 0.15) is 84.0 Å². The molecule has 0 radical (unpaired) electrons. The van der Waals surface area contributed by atoms with Gasteiger partial charge in [-0.2, -0.15) is 0 Å². The summed E-state index contributed by atoms with van der Waals surface area (Å²) in [6.45, 7) is 6.37. The third-order valence-corrected chi connectivity index (χ3v) is 8.85. The second kappa shape index (κ2) is 56.6. The fraction of sp³-hybridized carbons (Fsp3) is 1.00. The van der Waals surface area contributed by atoms with E-state index in [1.807, 2.05) is 0 Å². The van der Waals surface area contributed by atoms with Crippen molar-refractivity contribution in [3.63, 3.8) is 0 Å². The van der Waals surface area contributed by atoms with E-state index in [0.717, 1.165) is 37.6 Å². The Morgan fingerprint density at radius 1 is 0.364 bits per heavy atom. The van der Waals surface area contributed by atoms with Crippen molar-refractivity contribution in [2.24, 2.45) is 0 Å². The van der Waals surface area contributed by atoms with Crippen LogP contribution in [0.15, 0.2) is 0 Å². The molecule has 0 rings (SSSR count). The molecular weight excluding hydrogens is 910 g/mol. The molecule has 400 valence electrons. The summed E-state index contributed by atoms with van der Waals surface area (Å²) in [5.41, 5.74) is 0. The van der Waals surface area contributed by atoms with Crippen molar-refractivity contribution in [2.45, 2.75) is 84.0 Å². The van der Waals surface area contributed by atoms with Crippen molar-refractivity contribution >= 4 is 10.4 Å². The van der Waals surface area contributed by atoms with Gasteiger partial charge >= 0.3 is 0 Å². The van der Waals surface area contributed by atoms with Gasteiger partial charge in [-0.1, -0.05) is 71.1 Å². The van der Waals surface area contributed by atoms with Gasteiger partial charge in [0.05, 0.1) is 60.3 Å². The van der Waals surface area contributed by atoms with Gasteiger partial charge in [0.25, 0.3) is 0 Å². The third kappa shape index (κ3) is 61.0. The van der Waals surface area contributed by atoms with Crippen molar-refractivity contribution < 1.29 is 117 Å². The van der Waals surface area contributed by atoms with Gasteiger partial charge in [0.15, 0.2) is 81.5 Å². The summed E-state index contributed by atoms with van der Waals surface area (Å²) in [7, 11) is -1.37. The minimum absolute atomic E-state index is 0.00332. The molecule has 26 heteroatoms. The molecular formula is C40H85NO24S. The maximum Gasteiger partial charge on any atom is 0.217 e. The van der Waals surface area contributed by atoms with E-state index in [1.165, 1.54) is 70.6 Å². The second-order valence-corrected chi connectivity index (χ2v) is 15.2. The average molecular weight is 996 g/mol. The zero-order chi connectivity index (χ0) is 48.6. The Kier molecular flexibility index (Phi) is 57.6. The number of hydrogen-bond acceptors (Lipinski definition) is 24. The molecule has 66 heavy (non-hydrogen) atoms. The number of aliphatic hydroxyl groups excluding tert-OH is 2. The van der Waals surface area contributed by atoms with Crippen molar-refractivity contribution in [3.05, 3.63) is 0 Å². The van der Waals surface area contributed by atoms with Crippen LogP contribution < -0.4 is 0 Å². The molecule has 0 aromatic rings. The molecule has 0 atom stereocenters. The van der Waals surface area contributed by atoms with Gasteiger partial charge in [0, 0.05) is 0 Å². The summed E-state index contributed by atoms with van der Waals surface area (Å²) in [5.74, 6) is 0. The van der Waals surface area contributed by atoms with E-state index >= 15 is 0 Å². The lowest BCUT2D eigenvalue weighted by Crippen LogP contribution is -2.49. The fourth-order valence-electron chi connectivity index (χ4n) is 5.02. The molecule has 0 aliphatic heterocycles. The van der Waals surface area contributed by atoms with Crippen molar-refractivity contribution in [3.8, 4) is 0 Å². The minimum Gasteiger partial charge on any atom is -0.726 e. The lowest BCUT2D eigenvalue weighted by molar-refractivity contribution is -0.910. The Morgan fingerprint density at radius 2 is 0.576 bits per heavy atom. The number of nitrogens with zero attached hydrogens (tertiary/aromatic N) is 1. The molecule has 0 bridgehead atoms. The number of ether oxygens (including phenoxy) is 18. The first kappa shape index (κ1) is 67.1. The van der Waals surface area contributed by atoms with Crippen molar-refractivity contribution in [1.29, 1.82) is 0 Å². The predicted octanol–water partition coefficient (Wildman–Crippen LogP) is 2.83. The van der Waals surface area contributed by atoms with Crippen LogP contribution in [0.4, 0.5) is 0 Å². The summed E-state index contributed by atoms with van der Waals surface area (Å²) in [5, 5.41) is 17.2. The topological polar surface area (TPSA) is 273 Å². The standard InChI is InChI=1S/C39H82NO20.CH4O4S/c1-3-4-5-6-7-8-9-10-11-12-13-14-15-40(2,16-20-43-24-47-28-51-32-55-36-59-38-57-34-53-30-49-26-45-22-18-41)17-21-44-25-48-29-52-33-56-37-60-39-58-35-54-31-50-27-46-23-19-42;1-5-6(2,3)4/h41-42H,3-39H2,1-2H3;1H3,(H,2,3,4)/q+1;/p-1. The smallest absolute Gasteiger partial charge is 0.217 e. The third-order valence-electron chi connectivity index (χ3n) is 8.44. The van der Waals surface area contributed by atoms with Gasteiger partial charge in [0.1, 0.15) is 40.3 Å². The van der Waals surface area contributed by atoms with Gasteiger partial charge in [-0.3, -0.25) is 4.18 Å². The highest BCUT2D eigenvalue weighted by molar-refractivity contribution is 7.80. The first-order valence-corrected chi connectivity index (χ1v) is 23.5. The number of aliphatic hydroxyl groups is 2. The highest BCUT2D eigenvalue weighted by atomic mass is 32.3. The summed E-state index contributed by atoms with van der Waals surface area (Å²) in [4.78, 5) is 0. The first-order chi connectivity index (χ1) is 32.2. The van der Waals surface area contributed by atoms with Crippen LogP contribution in [0.3, 0.4) is 0 Å². The number of unbranched alkanes of at least 4 members (excludes halogenated alkanes) is 11. The Labute approximate surface area is 393 Å². The normalized spacial score (nSPS) is 12.0. The molecule has 0 aliphatic carbocycles. The zero-order valence-electron chi connectivity index (χ0n) is 39.9. The predicted molar refractivity (Wildman–Crippen MR) is 230 cm³/mol. The molecule has 0 spiro atoms. The molecule has 2 N–H and O–H groups in total. The second-order valence-electron chi connectivity index (χ2n) is 14.1. The van der Waals surface area contributed by atoms with E-state index in [9.17, 15) is 13.0 Å². The fourth-order valence-corrected chi connectivity index (χ4v) is 5.02. The van der Waals surface area contributed by atoms with E-state index in [-0.39, 0.29) is 135 Å². The van der Waals surface area contributed by atoms with E-state index in [4.69, 9.17) is 95.5 Å². The van der Waals surface area contributed by atoms with Gasteiger partial charge in [0.2, 0.25) is 10.4 Å². The molecule has 0 amide bonds. The van der Waals surface area contributed by atoms with E-state index in [0.29, 0.717) is 13.2 Å². The summed E-state index contributed by atoms with van der Waals surface area (Å²) in [6, 6.07) is 0. The maximum atomic E-state index is 9.22. The molecule has 0 aliphatic rings. The average Bonchev–Trinajstić information content (AvgIpc) is 3.30. The summed E-state index contributed by atoms with van der Waals surface area (Å²) >= 11 is 0. The van der Waals surface area contributed by atoms with E-state index in [1.54, 1.807) is 0 Å². The first-order valence-electron chi connectivity index (χ1n) is 22.2. The molecule has 0 aromatic heterocycles. The quantitative estimate of drug-likeness (QED) is 0.0291. The molecule has 0 unspecified atom stereocenters. The molecule has 0 saturated heterocycles. The van der Waals surface area contributed by atoms with Crippen LogP contribution in [0.5, 0.6) is 0 Å². The molecule has 0 fully saturated rings. The zero-order valence-corrected chi connectivity index (χ0v) is 40.7. The lowest BCUT2D eigenvalue weighted by Gasteiger charge is -2.34. The Morgan fingerprint density at radius 3 is 0.803 bits per heavy atom. The number of quaternary nitrogens is 1. The molecule has 25 nitrogen and oxygen atoms in total. The number of hydrogen-bond donors (Lipinski definition) is 2. The number of likely N-dealkylation sites (N-methyl/N-ethyl adjacent to an activating group) is 1. The van der Waals surface area contributed by atoms with Gasteiger partial charge in [-0.25, -0.2) is 8.42 Å². The van der Waals surface area contributed by atoms with Crippen LogP contribution in [0, 0.1) is 0 Å². The Bertz CT molecular complexity index is 969. The molecule has 0 heterocycles.